The molecular formula is C10H14O3. The molecule has 0 aliphatic heterocycles. The second-order valence-corrected chi connectivity index (χ2v) is 3.20. The van der Waals surface area contributed by atoms with E-state index in [0.29, 0.717) is 0 Å². The Morgan fingerprint density at radius 2 is 1.54 bits per heavy atom. The quantitative estimate of drug-likeness (QED) is 0.611. The molecule has 0 fully saturated rings. The highest BCUT2D eigenvalue weighted by atomic mass is 16.4. The Morgan fingerprint density at radius 1 is 1.00 bits per heavy atom. The predicted octanol–water partition coefficient (Wildman–Crippen LogP) is -0.0552. The zero-order valence-electron chi connectivity index (χ0n) is 7.35. The minimum Gasteiger partial charge on any atom is -0.393 e. The summed E-state index contributed by atoms with van der Waals surface area (Å²) in [5, 5.41) is 27.3. The van der Waals surface area contributed by atoms with Crippen LogP contribution in [0.4, 0.5) is 0 Å². The lowest BCUT2D eigenvalue weighted by molar-refractivity contribution is -0.0539. The van der Waals surface area contributed by atoms with E-state index in [1.165, 1.54) is 0 Å². The number of benzene rings is 1. The first kappa shape index (κ1) is 10.2. The van der Waals surface area contributed by atoms with Crippen LogP contribution in [0.25, 0.3) is 0 Å². The summed E-state index contributed by atoms with van der Waals surface area (Å²) in [7, 11) is 0. The molecule has 0 atom stereocenters. The van der Waals surface area contributed by atoms with Gasteiger partial charge in [0.1, 0.15) is 5.60 Å². The molecular weight excluding hydrogens is 168 g/mol. The fourth-order valence-electron chi connectivity index (χ4n) is 1.14. The maximum absolute atomic E-state index is 9.58. The average molecular weight is 182 g/mol. The lowest BCUT2D eigenvalue weighted by Crippen LogP contribution is -2.39. The Labute approximate surface area is 77.3 Å². The first-order valence-electron chi connectivity index (χ1n) is 4.18. The molecule has 3 heteroatoms. The van der Waals surface area contributed by atoms with Crippen molar-refractivity contribution in [1.29, 1.82) is 0 Å². The van der Waals surface area contributed by atoms with E-state index < -0.39 is 18.8 Å². The summed E-state index contributed by atoms with van der Waals surface area (Å²) >= 11 is 0. The molecule has 0 aliphatic carbocycles. The molecule has 1 aromatic carbocycles. The van der Waals surface area contributed by atoms with Gasteiger partial charge in [-0.15, -0.1) is 0 Å². The third-order valence-corrected chi connectivity index (χ3v) is 1.96. The third kappa shape index (κ3) is 2.81. The van der Waals surface area contributed by atoms with Crippen molar-refractivity contribution in [2.75, 3.05) is 13.2 Å². The van der Waals surface area contributed by atoms with Gasteiger partial charge in [0.15, 0.2) is 0 Å². The Bertz CT molecular complexity index is 242. The van der Waals surface area contributed by atoms with Crippen molar-refractivity contribution in [1.82, 2.24) is 0 Å². The van der Waals surface area contributed by atoms with Gasteiger partial charge < -0.3 is 15.3 Å². The minimum absolute atomic E-state index is 0.265. The second kappa shape index (κ2) is 4.37. The predicted molar refractivity (Wildman–Crippen MR) is 49.3 cm³/mol. The molecule has 0 saturated carbocycles. The standard InChI is InChI=1S/C10H14O3/c11-7-10(13,8-12)6-9-4-2-1-3-5-9/h1-5,11-13H,6-8H2. The molecule has 3 N–H and O–H groups in total. The molecule has 1 aromatic rings. The lowest BCUT2D eigenvalue weighted by atomic mass is 9.96. The van der Waals surface area contributed by atoms with Gasteiger partial charge in [-0.25, -0.2) is 0 Å². The first-order chi connectivity index (χ1) is 6.20. The minimum atomic E-state index is -1.40. The molecule has 1 rings (SSSR count). The van der Waals surface area contributed by atoms with Crippen molar-refractivity contribution in [3.05, 3.63) is 35.9 Å². The molecule has 72 valence electrons. The van der Waals surface area contributed by atoms with Gasteiger partial charge in [-0.1, -0.05) is 30.3 Å². The summed E-state index contributed by atoms with van der Waals surface area (Å²) in [6, 6.07) is 9.27. The van der Waals surface area contributed by atoms with Crippen molar-refractivity contribution < 1.29 is 15.3 Å². The van der Waals surface area contributed by atoms with Crippen LogP contribution in [-0.4, -0.2) is 34.1 Å². The van der Waals surface area contributed by atoms with Crippen LogP contribution in [0.1, 0.15) is 5.56 Å². The molecule has 0 spiro atoms. The molecule has 0 amide bonds. The number of aliphatic hydroxyl groups excluding tert-OH is 2. The Morgan fingerprint density at radius 3 is 2.00 bits per heavy atom. The van der Waals surface area contributed by atoms with Crippen LogP contribution in [0.3, 0.4) is 0 Å². The maximum atomic E-state index is 9.58. The van der Waals surface area contributed by atoms with Gasteiger partial charge in [0.25, 0.3) is 0 Å². The summed E-state index contributed by atoms with van der Waals surface area (Å²) in [5.74, 6) is 0. The maximum Gasteiger partial charge on any atom is 0.115 e. The first-order valence-corrected chi connectivity index (χ1v) is 4.18. The van der Waals surface area contributed by atoms with Crippen LogP contribution in [0.2, 0.25) is 0 Å². The zero-order chi connectivity index (χ0) is 9.73. The topological polar surface area (TPSA) is 60.7 Å². The van der Waals surface area contributed by atoms with E-state index in [9.17, 15) is 5.11 Å². The molecule has 3 nitrogen and oxygen atoms in total. The summed E-state index contributed by atoms with van der Waals surface area (Å²) in [4.78, 5) is 0. The Hall–Kier alpha value is -0.900. The van der Waals surface area contributed by atoms with Crippen molar-refractivity contribution >= 4 is 0 Å². The van der Waals surface area contributed by atoms with E-state index >= 15 is 0 Å². The van der Waals surface area contributed by atoms with E-state index in [0.717, 1.165) is 5.56 Å². The van der Waals surface area contributed by atoms with E-state index in [-0.39, 0.29) is 6.42 Å². The third-order valence-electron chi connectivity index (χ3n) is 1.96. The average Bonchev–Trinajstić information content (AvgIpc) is 2.19. The number of hydrogen-bond donors (Lipinski definition) is 3. The van der Waals surface area contributed by atoms with Crippen LogP contribution in [0.15, 0.2) is 30.3 Å². The molecule has 0 bridgehead atoms. The molecule has 0 heterocycles. The summed E-state index contributed by atoms with van der Waals surface area (Å²) < 4.78 is 0. The normalized spacial score (nSPS) is 11.6. The van der Waals surface area contributed by atoms with Gasteiger partial charge in [-0.3, -0.25) is 0 Å². The summed E-state index contributed by atoms with van der Waals surface area (Å²) in [6.07, 6.45) is 0.265. The second-order valence-electron chi connectivity index (χ2n) is 3.20. The van der Waals surface area contributed by atoms with E-state index in [1.807, 2.05) is 30.3 Å². The number of hydrogen-bond acceptors (Lipinski definition) is 3. The summed E-state index contributed by atoms with van der Waals surface area (Å²) in [5.41, 5.74) is -0.505. The van der Waals surface area contributed by atoms with Crippen LogP contribution < -0.4 is 0 Å². The molecule has 13 heavy (non-hydrogen) atoms. The fourth-order valence-corrected chi connectivity index (χ4v) is 1.14. The highest BCUT2D eigenvalue weighted by Crippen LogP contribution is 2.11. The molecule has 0 aromatic heterocycles. The molecule has 0 saturated heterocycles. The fraction of sp³-hybridized carbons (Fsp3) is 0.400. The van der Waals surface area contributed by atoms with Crippen molar-refractivity contribution in [2.24, 2.45) is 0 Å². The van der Waals surface area contributed by atoms with Crippen LogP contribution in [-0.2, 0) is 6.42 Å². The van der Waals surface area contributed by atoms with E-state index in [4.69, 9.17) is 10.2 Å². The Balaban J connectivity index is 2.68. The van der Waals surface area contributed by atoms with Gasteiger partial charge in [0.2, 0.25) is 0 Å². The van der Waals surface area contributed by atoms with Gasteiger partial charge in [0, 0.05) is 6.42 Å². The van der Waals surface area contributed by atoms with Crippen molar-refractivity contribution in [3.63, 3.8) is 0 Å². The van der Waals surface area contributed by atoms with Crippen LogP contribution >= 0.6 is 0 Å². The molecule has 0 unspecified atom stereocenters. The van der Waals surface area contributed by atoms with E-state index in [1.54, 1.807) is 0 Å². The van der Waals surface area contributed by atoms with Crippen molar-refractivity contribution in [3.8, 4) is 0 Å². The van der Waals surface area contributed by atoms with Gasteiger partial charge in [-0.05, 0) is 5.56 Å². The molecule has 0 radical (unpaired) electrons. The van der Waals surface area contributed by atoms with Crippen LogP contribution in [0.5, 0.6) is 0 Å². The Kier molecular flexibility index (Phi) is 3.42. The SMILES string of the molecule is OCC(O)(CO)Cc1ccccc1. The largest absolute Gasteiger partial charge is 0.393 e. The van der Waals surface area contributed by atoms with E-state index in [2.05, 4.69) is 0 Å². The number of rotatable bonds is 4. The summed E-state index contributed by atoms with van der Waals surface area (Å²) in [6.45, 7) is -0.864. The smallest absolute Gasteiger partial charge is 0.115 e. The van der Waals surface area contributed by atoms with Gasteiger partial charge >= 0.3 is 0 Å². The number of aliphatic hydroxyl groups is 3. The van der Waals surface area contributed by atoms with Gasteiger partial charge in [0.05, 0.1) is 13.2 Å². The highest BCUT2D eigenvalue weighted by Gasteiger charge is 2.24. The monoisotopic (exact) mass is 182 g/mol. The van der Waals surface area contributed by atoms with Crippen molar-refractivity contribution in [2.45, 2.75) is 12.0 Å². The molecule has 0 aliphatic rings. The van der Waals surface area contributed by atoms with Gasteiger partial charge in [-0.2, -0.15) is 0 Å². The zero-order valence-corrected chi connectivity index (χ0v) is 7.35. The highest BCUT2D eigenvalue weighted by molar-refractivity contribution is 5.17. The van der Waals surface area contributed by atoms with Crippen LogP contribution in [0, 0.1) is 0 Å². The lowest BCUT2D eigenvalue weighted by Gasteiger charge is -2.22.